The van der Waals surface area contributed by atoms with Crippen molar-refractivity contribution in [3.63, 3.8) is 0 Å². The van der Waals surface area contributed by atoms with Crippen molar-refractivity contribution in [1.29, 1.82) is 5.26 Å². The molecular formula is C13H16N2. The zero-order valence-electron chi connectivity index (χ0n) is 9.25. The number of benzene rings is 1. The van der Waals surface area contributed by atoms with E-state index in [0.29, 0.717) is 6.54 Å². The van der Waals surface area contributed by atoms with Gasteiger partial charge in [-0.15, -0.1) is 6.58 Å². The third kappa shape index (κ3) is 2.93. The van der Waals surface area contributed by atoms with Gasteiger partial charge in [0.2, 0.25) is 0 Å². The van der Waals surface area contributed by atoms with Crippen molar-refractivity contribution in [1.82, 2.24) is 5.32 Å². The Morgan fingerprint density at radius 3 is 2.80 bits per heavy atom. The lowest BCUT2D eigenvalue weighted by atomic mass is 10.00. The van der Waals surface area contributed by atoms with Crippen LogP contribution in [0.1, 0.15) is 22.7 Å². The van der Waals surface area contributed by atoms with E-state index in [9.17, 15) is 0 Å². The predicted molar refractivity (Wildman–Crippen MR) is 62.5 cm³/mol. The van der Waals surface area contributed by atoms with Gasteiger partial charge in [0, 0.05) is 6.54 Å². The maximum Gasteiger partial charge on any atom is 0.121 e. The van der Waals surface area contributed by atoms with E-state index in [0.717, 1.165) is 11.1 Å². The monoisotopic (exact) mass is 200 g/mol. The molecule has 1 atom stereocenters. The number of nitrogens with zero attached hydrogens (tertiary/aromatic N) is 1. The second-order valence-corrected chi connectivity index (χ2v) is 3.62. The lowest BCUT2D eigenvalue weighted by molar-refractivity contribution is 0.679. The minimum absolute atomic E-state index is 0.247. The van der Waals surface area contributed by atoms with Crippen LogP contribution in [0.25, 0.3) is 0 Å². The third-order valence-corrected chi connectivity index (χ3v) is 2.33. The lowest BCUT2D eigenvalue weighted by Crippen LogP contribution is -2.20. The normalized spacial score (nSPS) is 11.8. The summed E-state index contributed by atoms with van der Waals surface area (Å²) in [6, 6.07) is 8.14. The number of rotatable bonds is 4. The smallest absolute Gasteiger partial charge is 0.121 e. The molecule has 0 aliphatic heterocycles. The number of hydrogen-bond acceptors (Lipinski definition) is 2. The van der Waals surface area contributed by atoms with Gasteiger partial charge in [-0.05, 0) is 25.0 Å². The molecule has 0 aliphatic carbocycles. The van der Waals surface area contributed by atoms with E-state index in [1.165, 1.54) is 5.56 Å². The predicted octanol–water partition coefficient (Wildman–Crippen LogP) is 2.64. The molecule has 0 amide bonds. The summed E-state index contributed by atoms with van der Waals surface area (Å²) in [4.78, 5) is 0. The number of nitriles is 1. The van der Waals surface area contributed by atoms with Gasteiger partial charge in [-0.1, -0.05) is 29.8 Å². The standard InChI is InChI=1S/C13H16N2/c1-4-7-15-13(9-14)12-6-5-10(2)8-11(12)3/h4-6,8,13,15H,1,7H2,2-3H3. The molecule has 0 saturated carbocycles. The van der Waals surface area contributed by atoms with E-state index in [2.05, 4.69) is 31.0 Å². The summed E-state index contributed by atoms with van der Waals surface area (Å²) >= 11 is 0. The maximum absolute atomic E-state index is 9.05. The van der Waals surface area contributed by atoms with Crippen LogP contribution >= 0.6 is 0 Å². The van der Waals surface area contributed by atoms with Crippen molar-refractivity contribution < 1.29 is 0 Å². The van der Waals surface area contributed by atoms with E-state index in [1.54, 1.807) is 6.08 Å². The molecule has 78 valence electrons. The van der Waals surface area contributed by atoms with Crippen molar-refractivity contribution in [2.24, 2.45) is 0 Å². The molecule has 0 aliphatic rings. The van der Waals surface area contributed by atoms with Gasteiger partial charge in [-0.3, -0.25) is 5.32 Å². The van der Waals surface area contributed by atoms with Gasteiger partial charge < -0.3 is 0 Å². The molecule has 1 unspecified atom stereocenters. The van der Waals surface area contributed by atoms with Crippen LogP contribution in [-0.2, 0) is 0 Å². The molecule has 2 heteroatoms. The van der Waals surface area contributed by atoms with Crippen LogP contribution in [0.2, 0.25) is 0 Å². The highest BCUT2D eigenvalue weighted by Crippen LogP contribution is 2.18. The topological polar surface area (TPSA) is 35.8 Å². The van der Waals surface area contributed by atoms with Crippen LogP contribution in [-0.4, -0.2) is 6.54 Å². The SMILES string of the molecule is C=CCNC(C#N)c1ccc(C)cc1C. The quantitative estimate of drug-likeness (QED) is 0.758. The highest BCUT2D eigenvalue weighted by molar-refractivity contribution is 5.35. The van der Waals surface area contributed by atoms with E-state index in [4.69, 9.17) is 5.26 Å². The fraction of sp³-hybridized carbons (Fsp3) is 0.308. The Balaban J connectivity index is 2.92. The Morgan fingerprint density at radius 1 is 1.53 bits per heavy atom. The first kappa shape index (κ1) is 11.5. The van der Waals surface area contributed by atoms with Crippen LogP contribution in [0, 0.1) is 25.2 Å². The molecule has 0 saturated heterocycles. The maximum atomic E-state index is 9.05. The zero-order chi connectivity index (χ0) is 11.3. The first-order valence-corrected chi connectivity index (χ1v) is 5.00. The Labute approximate surface area is 91.2 Å². The minimum atomic E-state index is -0.247. The minimum Gasteiger partial charge on any atom is -0.295 e. The largest absolute Gasteiger partial charge is 0.295 e. The van der Waals surface area contributed by atoms with Gasteiger partial charge in [0.15, 0.2) is 0 Å². The summed E-state index contributed by atoms with van der Waals surface area (Å²) < 4.78 is 0. The number of hydrogen-bond donors (Lipinski definition) is 1. The Hall–Kier alpha value is -1.59. The molecular weight excluding hydrogens is 184 g/mol. The first-order valence-electron chi connectivity index (χ1n) is 5.00. The van der Waals surface area contributed by atoms with Crippen molar-refractivity contribution in [3.05, 3.63) is 47.5 Å². The third-order valence-electron chi connectivity index (χ3n) is 2.33. The Morgan fingerprint density at radius 2 is 2.27 bits per heavy atom. The van der Waals surface area contributed by atoms with Gasteiger partial charge >= 0.3 is 0 Å². The lowest BCUT2D eigenvalue weighted by Gasteiger charge is -2.13. The average Bonchev–Trinajstić information content (AvgIpc) is 2.21. The van der Waals surface area contributed by atoms with Gasteiger partial charge in [0.25, 0.3) is 0 Å². The number of nitrogens with one attached hydrogen (secondary N) is 1. The van der Waals surface area contributed by atoms with Crippen LogP contribution in [0.4, 0.5) is 0 Å². The molecule has 2 nitrogen and oxygen atoms in total. The molecule has 0 aromatic heterocycles. The van der Waals surface area contributed by atoms with Crippen LogP contribution in [0.3, 0.4) is 0 Å². The highest BCUT2D eigenvalue weighted by Gasteiger charge is 2.10. The molecule has 15 heavy (non-hydrogen) atoms. The van der Waals surface area contributed by atoms with Crippen molar-refractivity contribution >= 4 is 0 Å². The molecule has 1 aromatic carbocycles. The van der Waals surface area contributed by atoms with E-state index in [-0.39, 0.29) is 6.04 Å². The molecule has 0 heterocycles. The zero-order valence-corrected chi connectivity index (χ0v) is 9.25. The Kier molecular flexibility index (Phi) is 4.08. The molecule has 1 rings (SSSR count). The summed E-state index contributed by atoms with van der Waals surface area (Å²) in [5.41, 5.74) is 3.42. The second kappa shape index (κ2) is 5.33. The summed E-state index contributed by atoms with van der Waals surface area (Å²) in [6.07, 6.45) is 1.76. The van der Waals surface area contributed by atoms with Crippen LogP contribution in [0.15, 0.2) is 30.9 Å². The fourth-order valence-corrected chi connectivity index (χ4v) is 1.58. The molecule has 0 bridgehead atoms. The van der Waals surface area contributed by atoms with Crippen LogP contribution < -0.4 is 5.32 Å². The summed E-state index contributed by atoms with van der Waals surface area (Å²) in [5, 5.41) is 12.2. The summed E-state index contributed by atoms with van der Waals surface area (Å²) in [6.45, 7) is 8.35. The molecule has 0 spiro atoms. The molecule has 0 fully saturated rings. The summed E-state index contributed by atoms with van der Waals surface area (Å²) in [5.74, 6) is 0. The van der Waals surface area contributed by atoms with Crippen molar-refractivity contribution in [2.75, 3.05) is 6.54 Å². The van der Waals surface area contributed by atoms with Gasteiger partial charge in [-0.25, -0.2) is 0 Å². The number of aryl methyl sites for hydroxylation is 2. The van der Waals surface area contributed by atoms with Gasteiger partial charge in [0.05, 0.1) is 6.07 Å². The highest BCUT2D eigenvalue weighted by atomic mass is 14.9. The summed E-state index contributed by atoms with van der Waals surface area (Å²) in [7, 11) is 0. The van der Waals surface area contributed by atoms with Crippen molar-refractivity contribution in [3.8, 4) is 6.07 Å². The second-order valence-electron chi connectivity index (χ2n) is 3.62. The first-order chi connectivity index (χ1) is 7.19. The molecule has 0 radical (unpaired) electrons. The molecule has 1 aromatic rings. The van der Waals surface area contributed by atoms with E-state index < -0.39 is 0 Å². The van der Waals surface area contributed by atoms with E-state index in [1.807, 2.05) is 19.1 Å². The van der Waals surface area contributed by atoms with Crippen LogP contribution in [0.5, 0.6) is 0 Å². The average molecular weight is 200 g/mol. The van der Waals surface area contributed by atoms with Gasteiger partial charge in [0.1, 0.15) is 6.04 Å². The molecule has 1 N–H and O–H groups in total. The van der Waals surface area contributed by atoms with Crippen molar-refractivity contribution in [2.45, 2.75) is 19.9 Å². The fourth-order valence-electron chi connectivity index (χ4n) is 1.58. The van der Waals surface area contributed by atoms with Gasteiger partial charge in [-0.2, -0.15) is 5.26 Å². The Bertz CT molecular complexity index is 388. The van der Waals surface area contributed by atoms with E-state index >= 15 is 0 Å².